The number of carbonyl (C=O) groups is 1. The van der Waals surface area contributed by atoms with Gasteiger partial charge in [-0.05, 0) is 48.0 Å². The highest BCUT2D eigenvalue weighted by Gasteiger charge is 2.21. The number of para-hydroxylation sites is 1. The normalized spacial score (nSPS) is 11.6. The van der Waals surface area contributed by atoms with E-state index in [0.717, 1.165) is 27.8 Å². The molecule has 0 aliphatic heterocycles. The number of amides is 1. The summed E-state index contributed by atoms with van der Waals surface area (Å²) in [6.07, 6.45) is 3.45. The van der Waals surface area contributed by atoms with Gasteiger partial charge < -0.3 is 10.6 Å². The molecule has 34 heavy (non-hydrogen) atoms. The van der Waals surface area contributed by atoms with Crippen molar-refractivity contribution in [3.63, 3.8) is 0 Å². The Labute approximate surface area is 196 Å². The fourth-order valence-electron chi connectivity index (χ4n) is 3.88. The van der Waals surface area contributed by atoms with Crippen LogP contribution in [0.2, 0.25) is 0 Å². The molecule has 5 aromatic rings. The third kappa shape index (κ3) is 4.42. The Kier molecular flexibility index (Phi) is 5.86. The van der Waals surface area contributed by atoms with Crippen LogP contribution in [0, 0.1) is 0 Å². The average molecular weight is 447 g/mol. The number of carbonyl (C=O) groups excluding carboxylic acids is 1. The first-order valence-corrected chi connectivity index (χ1v) is 10.9. The van der Waals surface area contributed by atoms with Crippen molar-refractivity contribution in [1.82, 2.24) is 9.55 Å². The first-order valence-electron chi connectivity index (χ1n) is 10.9. The van der Waals surface area contributed by atoms with Crippen molar-refractivity contribution in [1.29, 1.82) is 0 Å². The number of hydrogen-bond acceptors (Lipinski definition) is 4. The number of pyridine rings is 2. The van der Waals surface area contributed by atoms with Gasteiger partial charge in [-0.2, -0.15) is 0 Å². The molecule has 5 rings (SSSR count). The molecule has 2 heterocycles. The van der Waals surface area contributed by atoms with Gasteiger partial charge in [0.2, 0.25) is 0 Å². The monoisotopic (exact) mass is 446 g/mol. The summed E-state index contributed by atoms with van der Waals surface area (Å²) in [7, 11) is 0. The number of benzene rings is 3. The first-order chi connectivity index (χ1) is 16.7. The van der Waals surface area contributed by atoms with E-state index in [1.54, 1.807) is 53.4 Å². The van der Waals surface area contributed by atoms with Gasteiger partial charge in [0.25, 0.3) is 11.5 Å². The lowest BCUT2D eigenvalue weighted by atomic mass is 10.0. The van der Waals surface area contributed by atoms with Gasteiger partial charge in [0.05, 0.1) is 11.2 Å². The van der Waals surface area contributed by atoms with Crippen LogP contribution in [-0.2, 0) is 4.79 Å². The van der Waals surface area contributed by atoms with Gasteiger partial charge in [-0.3, -0.25) is 19.1 Å². The average Bonchev–Trinajstić information content (AvgIpc) is 2.88. The van der Waals surface area contributed by atoms with E-state index >= 15 is 0 Å². The first kappa shape index (κ1) is 21.2. The maximum absolute atomic E-state index is 13.4. The highest BCUT2D eigenvalue weighted by Crippen LogP contribution is 2.27. The number of aromatic nitrogens is 2. The third-order valence-corrected chi connectivity index (χ3v) is 5.56. The maximum Gasteiger partial charge on any atom is 0.255 e. The SMILES string of the molecule is O=C(Nc1ccc(-n2ccccc2=O)cc1)C(Nc1cccc2cccnc12)c1ccccc1. The van der Waals surface area contributed by atoms with E-state index in [9.17, 15) is 9.59 Å². The molecular formula is C28H22N4O2. The minimum Gasteiger partial charge on any atom is -0.368 e. The minimum absolute atomic E-state index is 0.115. The molecule has 0 saturated carbocycles. The zero-order valence-corrected chi connectivity index (χ0v) is 18.3. The van der Waals surface area contributed by atoms with Gasteiger partial charge in [-0.15, -0.1) is 0 Å². The van der Waals surface area contributed by atoms with E-state index in [-0.39, 0.29) is 11.5 Å². The summed E-state index contributed by atoms with van der Waals surface area (Å²) >= 11 is 0. The second-order valence-electron chi connectivity index (χ2n) is 7.81. The summed E-state index contributed by atoms with van der Waals surface area (Å²) < 4.78 is 1.55. The minimum atomic E-state index is -0.634. The summed E-state index contributed by atoms with van der Waals surface area (Å²) in [5.74, 6) is -0.205. The van der Waals surface area contributed by atoms with Crippen molar-refractivity contribution in [3.05, 3.63) is 131 Å². The summed E-state index contributed by atoms with van der Waals surface area (Å²) in [4.78, 5) is 30.0. The van der Waals surface area contributed by atoms with Crippen LogP contribution >= 0.6 is 0 Å². The van der Waals surface area contributed by atoms with Gasteiger partial charge in [0.1, 0.15) is 6.04 Å². The van der Waals surface area contributed by atoms with E-state index in [4.69, 9.17) is 0 Å². The molecule has 2 aromatic heterocycles. The second-order valence-corrected chi connectivity index (χ2v) is 7.81. The fraction of sp³-hybridized carbons (Fsp3) is 0.0357. The largest absolute Gasteiger partial charge is 0.368 e. The lowest BCUT2D eigenvalue weighted by Crippen LogP contribution is -2.27. The van der Waals surface area contributed by atoms with Crippen molar-refractivity contribution in [2.45, 2.75) is 6.04 Å². The number of hydrogen-bond donors (Lipinski definition) is 2. The van der Waals surface area contributed by atoms with Crippen LogP contribution in [0.5, 0.6) is 0 Å². The predicted octanol–water partition coefficient (Wildman–Crippen LogP) is 5.18. The van der Waals surface area contributed by atoms with Crippen LogP contribution < -0.4 is 16.2 Å². The van der Waals surface area contributed by atoms with Crippen LogP contribution in [0.3, 0.4) is 0 Å². The quantitative estimate of drug-likeness (QED) is 0.377. The standard InChI is InChI=1S/C28H22N4O2/c33-25-13-4-5-19-32(25)23-16-14-22(15-17-23)30-28(34)27(21-8-2-1-3-9-21)31-24-12-6-10-20-11-7-18-29-26(20)24/h1-19,27,31H,(H,30,34). The molecule has 1 amide bonds. The summed E-state index contributed by atoms with van der Waals surface area (Å²) in [6.45, 7) is 0. The molecule has 0 bridgehead atoms. The van der Waals surface area contributed by atoms with Gasteiger partial charge in [-0.1, -0.05) is 54.6 Å². The summed E-state index contributed by atoms with van der Waals surface area (Å²) in [5, 5.41) is 7.37. The predicted molar refractivity (Wildman–Crippen MR) is 135 cm³/mol. The third-order valence-electron chi connectivity index (χ3n) is 5.56. The Balaban J connectivity index is 1.42. The molecule has 0 saturated heterocycles. The Bertz CT molecular complexity index is 1490. The van der Waals surface area contributed by atoms with E-state index in [1.165, 1.54) is 6.07 Å². The van der Waals surface area contributed by atoms with Crippen molar-refractivity contribution < 1.29 is 4.79 Å². The van der Waals surface area contributed by atoms with Crippen molar-refractivity contribution in [3.8, 4) is 5.69 Å². The van der Waals surface area contributed by atoms with E-state index in [1.807, 2.05) is 60.7 Å². The van der Waals surface area contributed by atoms with E-state index in [0.29, 0.717) is 5.69 Å². The molecule has 1 unspecified atom stereocenters. The molecule has 0 fully saturated rings. The molecule has 6 nitrogen and oxygen atoms in total. The molecule has 0 aliphatic carbocycles. The van der Waals surface area contributed by atoms with Crippen LogP contribution in [0.1, 0.15) is 11.6 Å². The number of anilines is 2. The lowest BCUT2D eigenvalue weighted by Gasteiger charge is -2.21. The Morgan fingerprint density at radius 2 is 1.56 bits per heavy atom. The van der Waals surface area contributed by atoms with Gasteiger partial charge >= 0.3 is 0 Å². The Morgan fingerprint density at radius 1 is 0.794 bits per heavy atom. The molecule has 2 N–H and O–H groups in total. The molecular weight excluding hydrogens is 424 g/mol. The van der Waals surface area contributed by atoms with Crippen molar-refractivity contribution in [2.24, 2.45) is 0 Å². The van der Waals surface area contributed by atoms with Gasteiger partial charge in [0, 0.05) is 35.2 Å². The van der Waals surface area contributed by atoms with Crippen LogP contribution in [-0.4, -0.2) is 15.5 Å². The highest BCUT2D eigenvalue weighted by molar-refractivity contribution is 5.99. The number of rotatable bonds is 6. The Morgan fingerprint density at radius 3 is 2.35 bits per heavy atom. The topological polar surface area (TPSA) is 76.0 Å². The number of fused-ring (bicyclic) bond motifs is 1. The molecule has 0 spiro atoms. The molecule has 6 heteroatoms. The molecule has 1 atom stereocenters. The maximum atomic E-state index is 13.4. The fourth-order valence-corrected chi connectivity index (χ4v) is 3.88. The van der Waals surface area contributed by atoms with Crippen LogP contribution in [0.25, 0.3) is 16.6 Å². The summed E-state index contributed by atoms with van der Waals surface area (Å²) in [5.41, 5.74) is 3.66. The molecule has 166 valence electrons. The smallest absolute Gasteiger partial charge is 0.255 e. The van der Waals surface area contributed by atoms with Gasteiger partial charge in [0.15, 0.2) is 0 Å². The number of nitrogens with zero attached hydrogens (tertiary/aromatic N) is 2. The Hall–Kier alpha value is -4.71. The highest BCUT2D eigenvalue weighted by atomic mass is 16.2. The van der Waals surface area contributed by atoms with E-state index in [2.05, 4.69) is 15.6 Å². The zero-order valence-electron chi connectivity index (χ0n) is 18.3. The van der Waals surface area contributed by atoms with Crippen LogP contribution in [0.15, 0.2) is 120 Å². The zero-order chi connectivity index (χ0) is 23.3. The molecule has 0 radical (unpaired) electrons. The van der Waals surface area contributed by atoms with Crippen LogP contribution in [0.4, 0.5) is 11.4 Å². The summed E-state index contributed by atoms with van der Waals surface area (Å²) in [6, 6.07) is 30.9. The van der Waals surface area contributed by atoms with Gasteiger partial charge in [-0.25, -0.2) is 0 Å². The molecule has 0 aliphatic rings. The number of nitrogens with one attached hydrogen (secondary N) is 2. The molecule has 3 aromatic carbocycles. The second kappa shape index (κ2) is 9.42. The van der Waals surface area contributed by atoms with Crippen molar-refractivity contribution >= 4 is 28.2 Å². The van der Waals surface area contributed by atoms with E-state index < -0.39 is 6.04 Å². The lowest BCUT2D eigenvalue weighted by molar-refractivity contribution is -0.117. The van der Waals surface area contributed by atoms with Crippen molar-refractivity contribution in [2.75, 3.05) is 10.6 Å².